The molecule has 2 aromatic carbocycles. The van der Waals surface area contributed by atoms with Crippen molar-refractivity contribution in [1.82, 2.24) is 0 Å². The number of nitrogens with one attached hydrogen (secondary N) is 2. The van der Waals surface area contributed by atoms with Crippen LogP contribution in [0.4, 0.5) is 17.1 Å². The molecule has 0 radical (unpaired) electrons. The molecule has 3 rings (SSSR count). The third-order valence-corrected chi connectivity index (χ3v) is 6.41. The lowest BCUT2D eigenvalue weighted by atomic mass is 10.1. The number of benzene rings is 2. The van der Waals surface area contributed by atoms with Gasteiger partial charge in [0, 0.05) is 24.3 Å². The minimum absolute atomic E-state index is 0.0293. The Morgan fingerprint density at radius 1 is 1.13 bits per heavy atom. The average molecular weight is 446 g/mol. The van der Waals surface area contributed by atoms with Crippen LogP contribution < -0.4 is 19.7 Å². The maximum atomic E-state index is 12.3. The van der Waals surface area contributed by atoms with E-state index in [2.05, 4.69) is 10.0 Å². The number of hydrogen-bond acceptors (Lipinski definition) is 5. The molecular weight excluding hydrogens is 418 g/mol. The molecule has 0 aromatic heterocycles. The summed E-state index contributed by atoms with van der Waals surface area (Å²) < 4.78 is 32.2. The molecule has 0 spiro atoms. The van der Waals surface area contributed by atoms with Crippen molar-refractivity contribution < 1.29 is 22.7 Å². The Morgan fingerprint density at radius 3 is 2.48 bits per heavy atom. The number of amides is 2. The Morgan fingerprint density at radius 2 is 1.84 bits per heavy atom. The van der Waals surface area contributed by atoms with Crippen LogP contribution in [0.15, 0.2) is 42.5 Å². The zero-order valence-corrected chi connectivity index (χ0v) is 18.5. The van der Waals surface area contributed by atoms with Crippen molar-refractivity contribution in [3.63, 3.8) is 0 Å². The normalized spacial score (nSPS) is 13.9. The molecular formula is C22H27N3O5S. The molecule has 2 aromatic rings. The first-order chi connectivity index (χ1) is 14.8. The van der Waals surface area contributed by atoms with E-state index >= 15 is 0 Å². The predicted molar refractivity (Wildman–Crippen MR) is 121 cm³/mol. The predicted octanol–water partition coefficient (Wildman–Crippen LogP) is 3.29. The van der Waals surface area contributed by atoms with Crippen LogP contribution in [-0.2, 0) is 19.6 Å². The maximum absolute atomic E-state index is 12.3. The molecule has 1 saturated heterocycles. The Bertz CT molecular complexity index is 1050. The lowest BCUT2D eigenvalue weighted by molar-refractivity contribution is -0.118. The summed E-state index contributed by atoms with van der Waals surface area (Å²) in [5.74, 6) is 0.295. The standard InChI is InChI=1S/C22H27N3O5S/c1-3-14-31(28,29)24-20-7-4-6-19(16(20)2)23-21(26)15-30-18-11-9-17(10-12-18)25-13-5-8-22(25)27/h4,6-7,9-12,24H,3,5,8,13-15H2,1-2H3,(H,23,26). The summed E-state index contributed by atoms with van der Waals surface area (Å²) in [6.07, 6.45) is 1.94. The van der Waals surface area contributed by atoms with Crippen molar-refractivity contribution in [1.29, 1.82) is 0 Å². The zero-order chi connectivity index (χ0) is 22.4. The summed E-state index contributed by atoms with van der Waals surface area (Å²) >= 11 is 0. The summed E-state index contributed by atoms with van der Waals surface area (Å²) in [6, 6.07) is 12.1. The van der Waals surface area contributed by atoms with Crippen molar-refractivity contribution in [3.05, 3.63) is 48.0 Å². The average Bonchev–Trinajstić information content (AvgIpc) is 3.15. The third kappa shape index (κ3) is 5.97. The van der Waals surface area contributed by atoms with Gasteiger partial charge >= 0.3 is 0 Å². The monoisotopic (exact) mass is 445 g/mol. The number of sulfonamides is 1. The highest BCUT2D eigenvalue weighted by molar-refractivity contribution is 7.92. The second-order valence-electron chi connectivity index (χ2n) is 7.38. The Labute approximate surface area is 182 Å². The van der Waals surface area contributed by atoms with E-state index in [1.807, 2.05) is 0 Å². The molecule has 1 heterocycles. The summed E-state index contributed by atoms with van der Waals surface area (Å²) in [7, 11) is -3.42. The molecule has 1 fully saturated rings. The Hall–Kier alpha value is -3.07. The number of carbonyl (C=O) groups excluding carboxylic acids is 2. The molecule has 2 amide bonds. The van der Waals surface area contributed by atoms with E-state index in [4.69, 9.17) is 4.74 Å². The van der Waals surface area contributed by atoms with E-state index in [1.165, 1.54) is 0 Å². The van der Waals surface area contributed by atoms with Crippen molar-refractivity contribution in [2.75, 3.05) is 33.8 Å². The van der Waals surface area contributed by atoms with Gasteiger partial charge in [-0.15, -0.1) is 0 Å². The van der Waals surface area contributed by atoms with Crippen LogP contribution in [0, 0.1) is 6.92 Å². The van der Waals surface area contributed by atoms with Gasteiger partial charge in [-0.25, -0.2) is 8.42 Å². The lowest BCUT2D eigenvalue weighted by Gasteiger charge is -2.16. The fourth-order valence-electron chi connectivity index (χ4n) is 3.35. The van der Waals surface area contributed by atoms with Gasteiger partial charge < -0.3 is 15.0 Å². The van der Waals surface area contributed by atoms with Crippen LogP contribution >= 0.6 is 0 Å². The highest BCUT2D eigenvalue weighted by Crippen LogP contribution is 2.25. The summed E-state index contributed by atoms with van der Waals surface area (Å²) in [6.45, 7) is 4.04. The molecule has 0 atom stereocenters. The fourth-order valence-corrected chi connectivity index (χ4v) is 4.54. The highest BCUT2D eigenvalue weighted by atomic mass is 32.2. The number of anilines is 3. The quantitative estimate of drug-likeness (QED) is 0.616. The third-order valence-electron chi connectivity index (χ3n) is 4.94. The number of rotatable bonds is 9. The Kier molecular flexibility index (Phi) is 7.17. The molecule has 0 bridgehead atoms. The molecule has 1 aliphatic heterocycles. The number of carbonyl (C=O) groups is 2. The lowest BCUT2D eigenvalue weighted by Crippen LogP contribution is -2.23. The van der Waals surface area contributed by atoms with Gasteiger partial charge in [0.15, 0.2) is 6.61 Å². The highest BCUT2D eigenvalue weighted by Gasteiger charge is 2.21. The van der Waals surface area contributed by atoms with E-state index in [1.54, 1.807) is 61.2 Å². The molecule has 166 valence electrons. The van der Waals surface area contributed by atoms with Gasteiger partial charge in [-0.2, -0.15) is 0 Å². The molecule has 31 heavy (non-hydrogen) atoms. The van der Waals surface area contributed by atoms with Crippen LogP contribution in [-0.4, -0.2) is 39.1 Å². The van der Waals surface area contributed by atoms with Crippen molar-refractivity contribution in [3.8, 4) is 5.75 Å². The maximum Gasteiger partial charge on any atom is 0.262 e. The minimum atomic E-state index is -3.42. The first-order valence-electron chi connectivity index (χ1n) is 10.2. The molecule has 9 heteroatoms. The second-order valence-corrected chi connectivity index (χ2v) is 9.22. The summed E-state index contributed by atoms with van der Waals surface area (Å²) in [4.78, 5) is 25.9. The van der Waals surface area contributed by atoms with Gasteiger partial charge in [0.1, 0.15) is 5.75 Å². The van der Waals surface area contributed by atoms with Crippen LogP contribution in [0.25, 0.3) is 0 Å². The van der Waals surface area contributed by atoms with E-state index in [0.29, 0.717) is 42.1 Å². The van der Waals surface area contributed by atoms with Gasteiger partial charge in [0.2, 0.25) is 15.9 Å². The Balaban J connectivity index is 1.57. The SMILES string of the molecule is CCCS(=O)(=O)Nc1cccc(NC(=O)COc2ccc(N3CCCC3=O)cc2)c1C. The molecule has 8 nitrogen and oxygen atoms in total. The summed E-state index contributed by atoms with van der Waals surface area (Å²) in [5.41, 5.74) is 2.37. The van der Waals surface area contributed by atoms with Crippen molar-refractivity contribution in [2.45, 2.75) is 33.1 Å². The van der Waals surface area contributed by atoms with E-state index in [9.17, 15) is 18.0 Å². The zero-order valence-electron chi connectivity index (χ0n) is 17.7. The molecule has 1 aliphatic rings. The molecule has 2 N–H and O–H groups in total. The first-order valence-corrected chi connectivity index (χ1v) is 11.9. The van der Waals surface area contributed by atoms with Crippen LogP contribution in [0.2, 0.25) is 0 Å². The topological polar surface area (TPSA) is 105 Å². The first kappa shape index (κ1) is 22.6. The smallest absolute Gasteiger partial charge is 0.262 e. The molecule has 0 saturated carbocycles. The number of ether oxygens (including phenoxy) is 1. The number of nitrogens with zero attached hydrogens (tertiary/aromatic N) is 1. The van der Waals surface area contributed by atoms with Gasteiger partial charge in [-0.1, -0.05) is 13.0 Å². The van der Waals surface area contributed by atoms with E-state index < -0.39 is 10.0 Å². The molecule has 0 aliphatic carbocycles. The summed E-state index contributed by atoms with van der Waals surface area (Å²) in [5, 5.41) is 2.75. The van der Waals surface area contributed by atoms with Gasteiger partial charge in [0.25, 0.3) is 5.91 Å². The van der Waals surface area contributed by atoms with Crippen LogP contribution in [0.5, 0.6) is 5.75 Å². The van der Waals surface area contributed by atoms with E-state index in [0.717, 1.165) is 12.1 Å². The van der Waals surface area contributed by atoms with Crippen LogP contribution in [0.1, 0.15) is 31.7 Å². The van der Waals surface area contributed by atoms with Gasteiger partial charge in [0.05, 0.1) is 11.4 Å². The van der Waals surface area contributed by atoms with Crippen molar-refractivity contribution >= 4 is 38.9 Å². The van der Waals surface area contributed by atoms with Crippen LogP contribution in [0.3, 0.4) is 0 Å². The second kappa shape index (κ2) is 9.82. The van der Waals surface area contributed by atoms with Gasteiger partial charge in [-0.05, 0) is 61.7 Å². The van der Waals surface area contributed by atoms with E-state index in [-0.39, 0.29) is 24.2 Å². The van der Waals surface area contributed by atoms with Crippen molar-refractivity contribution in [2.24, 2.45) is 0 Å². The number of hydrogen-bond donors (Lipinski definition) is 2. The largest absolute Gasteiger partial charge is 0.484 e. The fraction of sp³-hybridized carbons (Fsp3) is 0.364. The molecule has 0 unspecified atom stereocenters. The minimum Gasteiger partial charge on any atom is -0.484 e. The van der Waals surface area contributed by atoms with Gasteiger partial charge in [-0.3, -0.25) is 14.3 Å².